The minimum atomic E-state index is -4.50. The van der Waals surface area contributed by atoms with Crippen LogP contribution in [-0.4, -0.2) is 32.2 Å². The zero-order valence-corrected chi connectivity index (χ0v) is 18.1. The van der Waals surface area contributed by atoms with Gasteiger partial charge in [0.25, 0.3) is 5.91 Å². The van der Waals surface area contributed by atoms with E-state index >= 15 is 0 Å². The molecule has 0 spiro atoms. The maximum atomic E-state index is 13.3. The normalized spacial score (nSPS) is 11.6. The summed E-state index contributed by atoms with van der Waals surface area (Å²) >= 11 is 1.15. The van der Waals surface area contributed by atoms with Crippen molar-refractivity contribution in [1.29, 1.82) is 0 Å². The number of benzene rings is 1. The Morgan fingerprint density at radius 2 is 2.03 bits per heavy atom. The van der Waals surface area contributed by atoms with Crippen molar-refractivity contribution in [2.45, 2.75) is 30.4 Å². The molecular formula is C21H18F3N5O3S. The number of aromatic nitrogens is 4. The van der Waals surface area contributed by atoms with E-state index in [1.165, 1.54) is 29.2 Å². The Bertz CT molecular complexity index is 1230. The number of alkyl halides is 3. The van der Waals surface area contributed by atoms with Crippen LogP contribution >= 0.6 is 11.8 Å². The van der Waals surface area contributed by atoms with Crippen LogP contribution in [0.3, 0.4) is 0 Å². The molecule has 0 atom stereocenters. The zero-order chi connectivity index (χ0) is 23.4. The number of hydrogen-bond acceptors (Lipinski definition) is 7. The molecule has 3 aromatic heterocycles. The first-order chi connectivity index (χ1) is 15.9. The van der Waals surface area contributed by atoms with Gasteiger partial charge in [0.05, 0.1) is 23.3 Å². The lowest BCUT2D eigenvalue weighted by molar-refractivity contribution is -0.137. The van der Waals surface area contributed by atoms with E-state index in [4.69, 9.17) is 8.83 Å². The molecule has 1 N–H and O–H groups in total. The summed E-state index contributed by atoms with van der Waals surface area (Å²) in [6.07, 6.45) is -1.03. The fourth-order valence-electron chi connectivity index (χ4n) is 2.92. The van der Waals surface area contributed by atoms with Crippen molar-refractivity contribution in [3.8, 4) is 17.3 Å². The maximum absolute atomic E-state index is 13.3. The van der Waals surface area contributed by atoms with Crippen molar-refractivity contribution in [2.75, 3.05) is 6.54 Å². The minimum Gasteiger partial charge on any atom is -0.461 e. The predicted molar refractivity (Wildman–Crippen MR) is 113 cm³/mol. The molecule has 0 aliphatic carbocycles. The highest BCUT2D eigenvalue weighted by Gasteiger charge is 2.31. The number of halogens is 3. The van der Waals surface area contributed by atoms with Gasteiger partial charge in [0.1, 0.15) is 6.26 Å². The molecule has 12 heteroatoms. The lowest BCUT2D eigenvalue weighted by atomic mass is 10.2. The Morgan fingerprint density at radius 1 is 1.18 bits per heavy atom. The number of rotatable bonds is 8. The summed E-state index contributed by atoms with van der Waals surface area (Å²) in [4.78, 5) is 16.2. The van der Waals surface area contributed by atoms with Gasteiger partial charge in [0, 0.05) is 6.54 Å². The Morgan fingerprint density at radius 3 is 2.76 bits per heavy atom. The summed E-state index contributed by atoms with van der Waals surface area (Å²) in [6, 6.07) is 8.12. The molecule has 4 aromatic rings. The highest BCUT2D eigenvalue weighted by molar-refractivity contribution is 7.98. The van der Waals surface area contributed by atoms with Gasteiger partial charge in [0.2, 0.25) is 11.7 Å². The maximum Gasteiger partial charge on any atom is 0.416 e. The Kier molecular flexibility index (Phi) is 6.54. The highest BCUT2D eigenvalue weighted by atomic mass is 32.2. The molecule has 0 fully saturated rings. The lowest BCUT2D eigenvalue weighted by Gasteiger charge is -2.12. The van der Waals surface area contributed by atoms with Crippen LogP contribution in [0, 0.1) is 0 Å². The Hall–Kier alpha value is -3.54. The van der Waals surface area contributed by atoms with E-state index in [0.29, 0.717) is 17.5 Å². The summed E-state index contributed by atoms with van der Waals surface area (Å²) in [6.45, 7) is 2.45. The molecule has 33 heavy (non-hydrogen) atoms. The first-order valence-electron chi connectivity index (χ1n) is 9.89. The standard InChI is InChI=1S/C21H18F3N5O3S/c1-2-8-25-19(30)15-11-32-17(26-15)12-33-20-28-27-18(16-7-4-9-31-16)29(20)14-6-3-5-13(10-14)21(22,23)24/h3-7,9-11H,2,8,12H2,1H3,(H,25,30). The summed E-state index contributed by atoms with van der Waals surface area (Å²) in [5.41, 5.74) is -0.434. The monoisotopic (exact) mass is 477 g/mol. The van der Waals surface area contributed by atoms with Gasteiger partial charge in [-0.3, -0.25) is 9.36 Å². The van der Waals surface area contributed by atoms with Crippen LogP contribution in [0.4, 0.5) is 13.2 Å². The largest absolute Gasteiger partial charge is 0.461 e. The van der Waals surface area contributed by atoms with Gasteiger partial charge < -0.3 is 14.2 Å². The van der Waals surface area contributed by atoms with Crippen molar-refractivity contribution in [1.82, 2.24) is 25.1 Å². The van der Waals surface area contributed by atoms with Crippen molar-refractivity contribution >= 4 is 17.7 Å². The number of oxazole rings is 1. The minimum absolute atomic E-state index is 0.148. The van der Waals surface area contributed by atoms with Crippen molar-refractivity contribution in [2.24, 2.45) is 0 Å². The third kappa shape index (κ3) is 5.11. The van der Waals surface area contributed by atoms with E-state index in [2.05, 4.69) is 20.5 Å². The third-order valence-electron chi connectivity index (χ3n) is 4.45. The third-order valence-corrected chi connectivity index (χ3v) is 5.36. The van der Waals surface area contributed by atoms with Crippen molar-refractivity contribution in [3.05, 3.63) is 66.1 Å². The van der Waals surface area contributed by atoms with Crippen LogP contribution in [-0.2, 0) is 11.9 Å². The summed E-state index contributed by atoms with van der Waals surface area (Å²) < 4.78 is 52.1. The first-order valence-corrected chi connectivity index (χ1v) is 10.9. The molecule has 0 bridgehead atoms. The number of amides is 1. The van der Waals surface area contributed by atoms with E-state index in [1.54, 1.807) is 12.1 Å². The average Bonchev–Trinajstić information content (AvgIpc) is 3.55. The second-order valence-electron chi connectivity index (χ2n) is 6.84. The van der Waals surface area contributed by atoms with Gasteiger partial charge in [-0.05, 0) is 36.8 Å². The number of hydrogen-bond donors (Lipinski definition) is 1. The summed E-state index contributed by atoms with van der Waals surface area (Å²) in [5, 5.41) is 11.2. The van der Waals surface area contributed by atoms with Gasteiger partial charge in [-0.1, -0.05) is 24.8 Å². The summed E-state index contributed by atoms with van der Waals surface area (Å²) in [7, 11) is 0. The van der Waals surface area contributed by atoms with Crippen LogP contribution in [0.5, 0.6) is 0 Å². The van der Waals surface area contributed by atoms with E-state index in [-0.39, 0.29) is 34.8 Å². The summed E-state index contributed by atoms with van der Waals surface area (Å²) in [5.74, 6) is 0.687. The van der Waals surface area contributed by atoms with Gasteiger partial charge in [-0.25, -0.2) is 4.98 Å². The number of nitrogens with zero attached hydrogens (tertiary/aromatic N) is 4. The average molecular weight is 477 g/mol. The smallest absolute Gasteiger partial charge is 0.416 e. The topological polar surface area (TPSA) is 99.0 Å². The van der Waals surface area contributed by atoms with Crippen LogP contribution in [0.1, 0.15) is 35.3 Å². The Labute approximate surface area is 190 Å². The van der Waals surface area contributed by atoms with Crippen molar-refractivity contribution < 1.29 is 26.8 Å². The molecule has 0 saturated heterocycles. The number of thioether (sulfide) groups is 1. The molecule has 0 radical (unpaired) electrons. The molecule has 4 rings (SSSR count). The van der Waals surface area contributed by atoms with E-state index < -0.39 is 11.7 Å². The van der Waals surface area contributed by atoms with Crippen molar-refractivity contribution in [3.63, 3.8) is 0 Å². The first kappa shape index (κ1) is 22.6. The van der Waals surface area contributed by atoms with Gasteiger partial charge in [0.15, 0.2) is 16.6 Å². The fraction of sp³-hybridized carbons (Fsp3) is 0.238. The number of carbonyl (C=O) groups is 1. The zero-order valence-electron chi connectivity index (χ0n) is 17.3. The van der Waals surface area contributed by atoms with Gasteiger partial charge >= 0.3 is 6.18 Å². The SMILES string of the molecule is CCCNC(=O)c1coc(CSc2nnc(-c3ccco3)n2-c2cccc(C(F)(F)F)c2)n1. The second kappa shape index (κ2) is 9.53. The van der Waals surface area contributed by atoms with E-state index in [9.17, 15) is 18.0 Å². The molecule has 0 aliphatic rings. The number of nitrogens with one attached hydrogen (secondary N) is 1. The van der Waals surface area contributed by atoms with Crippen LogP contribution < -0.4 is 5.32 Å². The van der Waals surface area contributed by atoms with E-state index in [0.717, 1.165) is 30.3 Å². The van der Waals surface area contributed by atoms with E-state index in [1.807, 2.05) is 6.92 Å². The molecule has 3 heterocycles. The Balaban J connectivity index is 1.62. The molecule has 1 aromatic carbocycles. The molecule has 1 amide bonds. The molecule has 0 aliphatic heterocycles. The molecule has 172 valence electrons. The number of carbonyl (C=O) groups excluding carboxylic acids is 1. The predicted octanol–water partition coefficient (Wildman–Crippen LogP) is 4.97. The number of furan rings is 1. The molecule has 0 saturated carbocycles. The molecular weight excluding hydrogens is 459 g/mol. The van der Waals surface area contributed by atoms with Crippen LogP contribution in [0.15, 0.2) is 62.9 Å². The quantitative estimate of drug-likeness (QED) is 0.358. The van der Waals surface area contributed by atoms with Crippen LogP contribution in [0.25, 0.3) is 17.3 Å². The van der Waals surface area contributed by atoms with Gasteiger partial charge in [-0.2, -0.15) is 13.2 Å². The fourth-order valence-corrected chi connectivity index (χ4v) is 3.72. The lowest BCUT2D eigenvalue weighted by Crippen LogP contribution is -2.24. The van der Waals surface area contributed by atoms with Crippen LogP contribution in [0.2, 0.25) is 0 Å². The molecule has 8 nitrogen and oxygen atoms in total. The second-order valence-corrected chi connectivity index (χ2v) is 7.78. The van der Waals surface area contributed by atoms with Gasteiger partial charge in [-0.15, -0.1) is 10.2 Å². The molecule has 0 unspecified atom stereocenters. The highest BCUT2D eigenvalue weighted by Crippen LogP contribution is 2.34.